The first-order valence-electron chi connectivity index (χ1n) is 8.39. The minimum atomic E-state index is -4.72. The number of benzene rings is 2. The van der Waals surface area contributed by atoms with Crippen molar-refractivity contribution >= 4 is 10.0 Å². The van der Waals surface area contributed by atoms with E-state index >= 15 is 0 Å². The quantitative estimate of drug-likeness (QED) is 0.639. The van der Waals surface area contributed by atoms with Crippen LogP contribution in [-0.2, 0) is 22.7 Å². The summed E-state index contributed by atoms with van der Waals surface area (Å²) in [5.41, 5.74) is 1.09. The van der Waals surface area contributed by atoms with Crippen LogP contribution >= 0.6 is 0 Å². The molecule has 1 heterocycles. The second-order valence-corrected chi connectivity index (χ2v) is 8.25. The summed E-state index contributed by atoms with van der Waals surface area (Å²) >= 11 is 0. The fourth-order valence-corrected chi connectivity index (χ4v) is 3.42. The Labute approximate surface area is 164 Å². The largest absolute Gasteiger partial charge is 0.434 e. The van der Waals surface area contributed by atoms with Crippen molar-refractivity contribution in [3.8, 4) is 11.4 Å². The van der Waals surface area contributed by atoms with Gasteiger partial charge in [0.2, 0.25) is 10.0 Å². The lowest BCUT2D eigenvalue weighted by atomic mass is 10.1. The highest BCUT2D eigenvalue weighted by molar-refractivity contribution is 7.89. The number of nitrogens with zero attached hydrogens (tertiary/aromatic N) is 2. The Kier molecular flexibility index (Phi) is 5.26. The summed E-state index contributed by atoms with van der Waals surface area (Å²) in [5.74, 6) is -1.31. The molecule has 29 heavy (non-hydrogen) atoms. The third kappa shape index (κ3) is 4.48. The molecular formula is C19H17F4N3O2S. The van der Waals surface area contributed by atoms with Gasteiger partial charge in [-0.25, -0.2) is 22.9 Å². The van der Waals surface area contributed by atoms with Crippen LogP contribution in [-0.4, -0.2) is 18.0 Å². The highest BCUT2D eigenvalue weighted by Crippen LogP contribution is 2.33. The van der Waals surface area contributed by atoms with E-state index in [1.165, 1.54) is 4.57 Å². The maximum absolute atomic E-state index is 14.6. The number of sulfonamides is 1. The molecule has 3 aromatic rings. The first-order chi connectivity index (χ1) is 13.4. The molecule has 0 fully saturated rings. The van der Waals surface area contributed by atoms with Gasteiger partial charge in [0.1, 0.15) is 11.6 Å². The van der Waals surface area contributed by atoms with Crippen LogP contribution in [0.3, 0.4) is 0 Å². The third-order valence-electron chi connectivity index (χ3n) is 4.42. The molecule has 0 aliphatic carbocycles. The number of aromatic nitrogens is 2. The molecule has 5 nitrogen and oxygen atoms in total. The van der Waals surface area contributed by atoms with Gasteiger partial charge < -0.3 is 4.57 Å². The summed E-state index contributed by atoms with van der Waals surface area (Å²) in [6.07, 6.45) is -3.91. The molecule has 0 atom stereocenters. The molecule has 3 rings (SSSR count). The van der Waals surface area contributed by atoms with Crippen LogP contribution in [0.4, 0.5) is 17.6 Å². The standard InChI is InChI=1S/C19H17F4N3O2S/c1-11-3-4-12(2)13(7-11)9-26-10-17(19(21,22)23)25-18(26)15-6-5-14(8-16(15)20)29(24,27)28/h3-8,10H,9H2,1-2H3,(H2,24,27,28). The summed E-state index contributed by atoms with van der Waals surface area (Å²) in [6.45, 7) is 3.70. The van der Waals surface area contributed by atoms with Crippen LogP contribution in [0.5, 0.6) is 0 Å². The lowest BCUT2D eigenvalue weighted by Crippen LogP contribution is -2.12. The lowest BCUT2D eigenvalue weighted by Gasteiger charge is -2.12. The average Bonchev–Trinajstić information content (AvgIpc) is 3.01. The molecule has 0 radical (unpaired) electrons. The van der Waals surface area contributed by atoms with E-state index in [9.17, 15) is 26.0 Å². The number of hydrogen-bond acceptors (Lipinski definition) is 3. The first-order valence-corrected chi connectivity index (χ1v) is 9.94. The van der Waals surface area contributed by atoms with E-state index < -0.39 is 32.6 Å². The van der Waals surface area contributed by atoms with E-state index in [4.69, 9.17) is 5.14 Å². The molecule has 2 aromatic carbocycles. The number of aryl methyl sites for hydroxylation is 2. The van der Waals surface area contributed by atoms with Crippen molar-refractivity contribution in [2.75, 3.05) is 0 Å². The molecule has 0 spiro atoms. The van der Waals surface area contributed by atoms with Crippen molar-refractivity contribution in [3.63, 3.8) is 0 Å². The SMILES string of the molecule is Cc1ccc(C)c(Cn2cc(C(F)(F)F)nc2-c2ccc(S(N)(=O)=O)cc2F)c1. The summed E-state index contributed by atoms with van der Waals surface area (Å²) in [7, 11) is -4.16. The van der Waals surface area contributed by atoms with E-state index in [-0.39, 0.29) is 17.9 Å². The van der Waals surface area contributed by atoms with Gasteiger partial charge in [-0.2, -0.15) is 13.2 Å². The molecule has 10 heteroatoms. The van der Waals surface area contributed by atoms with Gasteiger partial charge in [0.15, 0.2) is 5.69 Å². The van der Waals surface area contributed by atoms with Crippen molar-refractivity contribution in [2.24, 2.45) is 5.14 Å². The number of nitrogens with two attached hydrogens (primary N) is 1. The Morgan fingerprint density at radius 1 is 1.10 bits per heavy atom. The predicted octanol–water partition coefficient (Wildman–Crippen LogP) is 4.02. The fraction of sp³-hybridized carbons (Fsp3) is 0.211. The van der Waals surface area contributed by atoms with Crippen molar-refractivity contribution in [2.45, 2.75) is 31.5 Å². The second kappa shape index (κ2) is 7.27. The van der Waals surface area contributed by atoms with Gasteiger partial charge in [-0.05, 0) is 43.2 Å². The molecule has 0 saturated carbocycles. The lowest BCUT2D eigenvalue weighted by molar-refractivity contribution is -0.140. The second-order valence-electron chi connectivity index (χ2n) is 6.69. The molecule has 0 aliphatic rings. The third-order valence-corrected chi connectivity index (χ3v) is 5.33. The Hall–Kier alpha value is -2.72. The maximum Gasteiger partial charge on any atom is 0.434 e. The summed E-state index contributed by atoms with van der Waals surface area (Å²) in [6, 6.07) is 8.28. The van der Waals surface area contributed by atoms with E-state index in [0.717, 1.165) is 35.0 Å². The van der Waals surface area contributed by atoms with Gasteiger partial charge >= 0.3 is 6.18 Å². The molecule has 2 N–H and O–H groups in total. The first kappa shape index (κ1) is 21.0. The summed E-state index contributed by atoms with van der Waals surface area (Å²) in [4.78, 5) is 3.09. The van der Waals surface area contributed by atoms with Gasteiger partial charge in [0.05, 0.1) is 10.5 Å². The Morgan fingerprint density at radius 3 is 2.38 bits per heavy atom. The fourth-order valence-electron chi connectivity index (χ4n) is 2.90. The molecule has 1 aromatic heterocycles. The molecule has 0 aliphatic heterocycles. The minimum Gasteiger partial charge on any atom is -0.326 e. The van der Waals surface area contributed by atoms with E-state index in [1.807, 2.05) is 32.0 Å². The molecular weight excluding hydrogens is 410 g/mol. The Balaban J connectivity index is 2.16. The van der Waals surface area contributed by atoms with E-state index in [1.54, 1.807) is 0 Å². The van der Waals surface area contributed by atoms with Crippen molar-refractivity contribution in [1.82, 2.24) is 9.55 Å². The number of hydrogen-bond donors (Lipinski definition) is 1. The zero-order valence-corrected chi connectivity index (χ0v) is 16.3. The van der Waals surface area contributed by atoms with Gasteiger partial charge in [0, 0.05) is 12.7 Å². The van der Waals surface area contributed by atoms with E-state index in [2.05, 4.69) is 4.98 Å². The van der Waals surface area contributed by atoms with Crippen LogP contribution in [0.1, 0.15) is 22.4 Å². The van der Waals surface area contributed by atoms with Crippen LogP contribution in [0.15, 0.2) is 47.5 Å². The number of rotatable bonds is 4. The average molecular weight is 427 g/mol. The molecule has 154 valence electrons. The molecule has 0 amide bonds. The minimum absolute atomic E-state index is 0.0301. The topological polar surface area (TPSA) is 78.0 Å². The smallest absolute Gasteiger partial charge is 0.326 e. The van der Waals surface area contributed by atoms with Crippen molar-refractivity contribution in [1.29, 1.82) is 0 Å². The number of imidazole rings is 1. The Morgan fingerprint density at radius 2 is 1.79 bits per heavy atom. The normalized spacial score (nSPS) is 12.4. The maximum atomic E-state index is 14.6. The van der Waals surface area contributed by atoms with Gasteiger partial charge in [-0.3, -0.25) is 0 Å². The molecule has 0 bridgehead atoms. The van der Waals surface area contributed by atoms with Crippen LogP contribution in [0, 0.1) is 19.7 Å². The highest BCUT2D eigenvalue weighted by Gasteiger charge is 2.35. The van der Waals surface area contributed by atoms with Crippen LogP contribution in [0.2, 0.25) is 0 Å². The van der Waals surface area contributed by atoms with Gasteiger partial charge in [-0.15, -0.1) is 0 Å². The van der Waals surface area contributed by atoms with Crippen LogP contribution in [0.25, 0.3) is 11.4 Å². The summed E-state index contributed by atoms with van der Waals surface area (Å²) < 4.78 is 78.3. The van der Waals surface area contributed by atoms with Gasteiger partial charge in [-0.1, -0.05) is 23.8 Å². The highest BCUT2D eigenvalue weighted by atomic mass is 32.2. The van der Waals surface area contributed by atoms with Crippen molar-refractivity contribution in [3.05, 3.63) is 70.8 Å². The summed E-state index contributed by atoms with van der Waals surface area (Å²) in [5, 5.41) is 4.97. The molecule has 0 saturated heterocycles. The number of primary sulfonamides is 1. The zero-order valence-electron chi connectivity index (χ0n) is 15.5. The van der Waals surface area contributed by atoms with Crippen molar-refractivity contribution < 1.29 is 26.0 Å². The van der Waals surface area contributed by atoms with E-state index in [0.29, 0.717) is 6.07 Å². The molecule has 0 unspecified atom stereocenters. The predicted molar refractivity (Wildman–Crippen MR) is 99.0 cm³/mol. The van der Waals surface area contributed by atoms with Gasteiger partial charge in [0.25, 0.3) is 0 Å². The Bertz CT molecular complexity index is 1180. The zero-order chi connectivity index (χ0) is 21.6. The number of alkyl halides is 3. The number of halogens is 4. The van der Waals surface area contributed by atoms with Crippen LogP contribution < -0.4 is 5.14 Å². The monoisotopic (exact) mass is 427 g/mol.